The summed E-state index contributed by atoms with van der Waals surface area (Å²) in [6, 6.07) is 11.2. The number of hydrogen-bond donors (Lipinski definition) is 3. The molecule has 2 aromatic carbocycles. The van der Waals surface area contributed by atoms with E-state index in [9.17, 15) is 14.7 Å². The number of aromatic carboxylic acids is 1. The van der Waals surface area contributed by atoms with Gasteiger partial charge >= 0.3 is 5.97 Å². The van der Waals surface area contributed by atoms with Crippen LogP contribution in [0.1, 0.15) is 40.1 Å². The molecule has 132 valence electrons. The zero-order chi connectivity index (χ0) is 18.6. The minimum atomic E-state index is -1.08. The molecule has 25 heavy (non-hydrogen) atoms. The van der Waals surface area contributed by atoms with Gasteiger partial charge in [-0.1, -0.05) is 0 Å². The standard InChI is InChI=1S/C19H21NO5/c1-12-8-13(10-14(9-12)18(22)23)17(21)20-15-4-6-16(7-5-15)25-11-19(2,3)24/h4-10,24H,11H2,1-3H3,(H,20,21)(H,22,23). The maximum Gasteiger partial charge on any atom is 0.335 e. The number of anilines is 1. The fourth-order valence-corrected chi connectivity index (χ4v) is 2.14. The molecule has 0 aliphatic rings. The quantitative estimate of drug-likeness (QED) is 0.749. The third kappa shape index (κ3) is 5.61. The van der Waals surface area contributed by atoms with Crippen LogP contribution in [0.25, 0.3) is 0 Å². The van der Waals surface area contributed by atoms with Crippen LogP contribution in [0.5, 0.6) is 5.75 Å². The zero-order valence-corrected chi connectivity index (χ0v) is 14.4. The molecule has 0 heterocycles. The first-order valence-electron chi connectivity index (χ1n) is 7.76. The molecule has 1 amide bonds. The lowest BCUT2D eigenvalue weighted by Gasteiger charge is -2.17. The molecule has 2 rings (SSSR count). The molecule has 0 aliphatic heterocycles. The predicted octanol–water partition coefficient (Wildman–Crippen LogP) is 3.10. The van der Waals surface area contributed by atoms with Crippen LogP contribution in [0.3, 0.4) is 0 Å². The molecule has 3 N–H and O–H groups in total. The molecule has 6 nitrogen and oxygen atoms in total. The first-order chi connectivity index (χ1) is 11.6. The topological polar surface area (TPSA) is 95.9 Å². The van der Waals surface area contributed by atoms with Crippen molar-refractivity contribution in [1.82, 2.24) is 0 Å². The molecule has 6 heteroatoms. The summed E-state index contributed by atoms with van der Waals surface area (Å²) in [6.45, 7) is 5.18. The maximum atomic E-state index is 12.3. The van der Waals surface area contributed by atoms with Gasteiger partial charge in [-0.3, -0.25) is 4.79 Å². The number of ether oxygens (including phenoxy) is 1. The molecule has 0 atom stereocenters. The number of carbonyl (C=O) groups excluding carboxylic acids is 1. The number of carboxylic acids is 1. The van der Waals surface area contributed by atoms with E-state index in [0.717, 1.165) is 0 Å². The normalized spacial score (nSPS) is 11.0. The highest BCUT2D eigenvalue weighted by atomic mass is 16.5. The van der Waals surface area contributed by atoms with E-state index in [-0.39, 0.29) is 17.7 Å². The highest BCUT2D eigenvalue weighted by Crippen LogP contribution is 2.18. The van der Waals surface area contributed by atoms with Gasteiger partial charge < -0.3 is 20.3 Å². The summed E-state index contributed by atoms with van der Waals surface area (Å²) < 4.78 is 5.44. The Labute approximate surface area is 146 Å². The fourth-order valence-electron chi connectivity index (χ4n) is 2.14. The molecule has 0 spiro atoms. The minimum absolute atomic E-state index is 0.0699. The van der Waals surface area contributed by atoms with Gasteiger partial charge in [0.05, 0.1) is 11.2 Å². The molecule has 0 bridgehead atoms. The van der Waals surface area contributed by atoms with Gasteiger partial charge in [0.25, 0.3) is 5.91 Å². The number of hydrogen-bond acceptors (Lipinski definition) is 4. The van der Waals surface area contributed by atoms with E-state index in [1.807, 2.05) is 0 Å². The molecule has 0 saturated carbocycles. The number of carbonyl (C=O) groups is 2. The van der Waals surface area contributed by atoms with Crippen molar-refractivity contribution in [1.29, 1.82) is 0 Å². The summed E-state index contributed by atoms with van der Waals surface area (Å²) in [5.74, 6) is -0.897. The van der Waals surface area contributed by atoms with E-state index in [0.29, 0.717) is 17.0 Å². The Balaban J connectivity index is 2.07. The van der Waals surface area contributed by atoms with Crippen LogP contribution in [0.15, 0.2) is 42.5 Å². The van der Waals surface area contributed by atoms with E-state index < -0.39 is 17.5 Å². The smallest absolute Gasteiger partial charge is 0.335 e. The number of rotatable bonds is 6. The van der Waals surface area contributed by atoms with Gasteiger partial charge in [0.15, 0.2) is 0 Å². The van der Waals surface area contributed by atoms with Gasteiger partial charge in [-0.15, -0.1) is 0 Å². The third-order valence-corrected chi connectivity index (χ3v) is 3.29. The molecular weight excluding hydrogens is 322 g/mol. The van der Waals surface area contributed by atoms with Crippen LogP contribution in [0.2, 0.25) is 0 Å². The van der Waals surface area contributed by atoms with Crippen LogP contribution in [0.4, 0.5) is 5.69 Å². The first kappa shape index (κ1) is 18.5. The Kier molecular flexibility index (Phi) is 5.44. The van der Waals surface area contributed by atoms with Crippen molar-refractivity contribution in [3.63, 3.8) is 0 Å². The van der Waals surface area contributed by atoms with Gasteiger partial charge in [0.1, 0.15) is 12.4 Å². The van der Waals surface area contributed by atoms with Crippen LogP contribution in [-0.4, -0.2) is 34.3 Å². The van der Waals surface area contributed by atoms with Crippen molar-refractivity contribution in [3.8, 4) is 5.75 Å². The Morgan fingerprint density at radius 1 is 1.08 bits per heavy atom. The summed E-state index contributed by atoms with van der Waals surface area (Å²) in [4.78, 5) is 23.4. The summed E-state index contributed by atoms with van der Waals surface area (Å²) in [7, 11) is 0. The third-order valence-electron chi connectivity index (χ3n) is 3.29. The lowest BCUT2D eigenvalue weighted by atomic mass is 10.1. The van der Waals surface area contributed by atoms with Crippen LogP contribution >= 0.6 is 0 Å². The fraction of sp³-hybridized carbons (Fsp3) is 0.263. The van der Waals surface area contributed by atoms with E-state index in [1.165, 1.54) is 12.1 Å². The SMILES string of the molecule is Cc1cc(C(=O)O)cc(C(=O)Nc2ccc(OCC(C)(C)O)cc2)c1. The predicted molar refractivity (Wildman–Crippen MR) is 94.3 cm³/mol. The Bertz CT molecular complexity index is 775. The molecule has 0 saturated heterocycles. The van der Waals surface area contributed by atoms with Crippen LogP contribution < -0.4 is 10.1 Å². The number of nitrogens with one attached hydrogen (secondary N) is 1. The molecular formula is C19H21NO5. The van der Waals surface area contributed by atoms with Crippen molar-refractivity contribution in [2.24, 2.45) is 0 Å². The summed E-state index contributed by atoms with van der Waals surface area (Å²) in [5, 5.41) is 21.4. The van der Waals surface area contributed by atoms with Crippen molar-refractivity contribution < 1.29 is 24.5 Å². The summed E-state index contributed by atoms with van der Waals surface area (Å²) >= 11 is 0. The molecule has 2 aromatic rings. The van der Waals surface area contributed by atoms with E-state index in [1.54, 1.807) is 51.1 Å². The average Bonchev–Trinajstić information content (AvgIpc) is 2.52. The lowest BCUT2D eigenvalue weighted by Crippen LogP contribution is -2.27. The van der Waals surface area contributed by atoms with E-state index in [4.69, 9.17) is 9.84 Å². The lowest BCUT2D eigenvalue weighted by molar-refractivity contribution is 0.0285. The number of carboxylic acid groups (broad SMARTS) is 1. The first-order valence-corrected chi connectivity index (χ1v) is 7.76. The zero-order valence-electron chi connectivity index (χ0n) is 14.4. The number of aliphatic hydroxyl groups is 1. The van der Waals surface area contributed by atoms with Crippen molar-refractivity contribution in [2.45, 2.75) is 26.4 Å². The second-order valence-electron chi connectivity index (χ2n) is 6.47. The minimum Gasteiger partial charge on any atom is -0.491 e. The molecule has 0 radical (unpaired) electrons. The van der Waals surface area contributed by atoms with Gasteiger partial charge in [-0.05, 0) is 68.8 Å². The van der Waals surface area contributed by atoms with Gasteiger partial charge in [-0.2, -0.15) is 0 Å². The molecule has 0 aromatic heterocycles. The Hall–Kier alpha value is -2.86. The Morgan fingerprint density at radius 3 is 2.24 bits per heavy atom. The van der Waals surface area contributed by atoms with Crippen molar-refractivity contribution in [2.75, 3.05) is 11.9 Å². The molecule has 0 fully saturated rings. The number of aryl methyl sites for hydroxylation is 1. The van der Waals surface area contributed by atoms with Crippen molar-refractivity contribution in [3.05, 3.63) is 59.2 Å². The molecule has 0 aliphatic carbocycles. The monoisotopic (exact) mass is 343 g/mol. The van der Waals surface area contributed by atoms with Gasteiger partial charge in [0, 0.05) is 11.3 Å². The van der Waals surface area contributed by atoms with E-state index >= 15 is 0 Å². The maximum absolute atomic E-state index is 12.3. The summed E-state index contributed by atoms with van der Waals surface area (Å²) in [6.07, 6.45) is 0. The highest BCUT2D eigenvalue weighted by molar-refractivity contribution is 6.05. The Morgan fingerprint density at radius 2 is 1.68 bits per heavy atom. The summed E-state index contributed by atoms with van der Waals surface area (Å²) in [5.41, 5.74) is 0.666. The average molecular weight is 343 g/mol. The second-order valence-corrected chi connectivity index (χ2v) is 6.47. The van der Waals surface area contributed by atoms with Crippen molar-refractivity contribution >= 4 is 17.6 Å². The number of benzene rings is 2. The van der Waals surface area contributed by atoms with Crippen LogP contribution in [-0.2, 0) is 0 Å². The van der Waals surface area contributed by atoms with E-state index in [2.05, 4.69) is 5.32 Å². The van der Waals surface area contributed by atoms with Gasteiger partial charge in [0.2, 0.25) is 0 Å². The largest absolute Gasteiger partial charge is 0.491 e. The second kappa shape index (κ2) is 7.36. The van der Waals surface area contributed by atoms with Gasteiger partial charge in [-0.25, -0.2) is 4.79 Å². The van der Waals surface area contributed by atoms with Crippen LogP contribution in [0, 0.1) is 6.92 Å². The highest BCUT2D eigenvalue weighted by Gasteiger charge is 2.14. The number of amides is 1. The molecule has 0 unspecified atom stereocenters.